The molecule has 0 heterocycles. The summed E-state index contributed by atoms with van der Waals surface area (Å²) in [6.45, 7) is 14.5. The van der Waals surface area contributed by atoms with Gasteiger partial charge < -0.3 is 8.53 Å². The van der Waals surface area contributed by atoms with E-state index in [0.29, 0.717) is 0 Å². The first-order chi connectivity index (χ1) is 10.5. The van der Waals surface area contributed by atoms with Gasteiger partial charge in [0, 0.05) is 6.61 Å². The molecule has 1 atom stereocenters. The quantitative estimate of drug-likeness (QED) is 0.196. The van der Waals surface area contributed by atoms with Crippen LogP contribution in [0.15, 0.2) is 0 Å². The fourth-order valence-electron chi connectivity index (χ4n) is 2.82. The van der Waals surface area contributed by atoms with Gasteiger partial charge in [-0.05, 0) is 12.8 Å². The van der Waals surface area contributed by atoms with E-state index in [9.17, 15) is 0 Å². The number of hydrogen-bond acceptors (Lipinski definition) is 2. The molecular weight excluding hydrogens is 287 g/mol. The van der Waals surface area contributed by atoms with E-state index in [1.807, 2.05) is 0 Å². The van der Waals surface area contributed by atoms with Gasteiger partial charge in [-0.15, -0.1) is 0 Å². The molecule has 3 heteroatoms. The van der Waals surface area contributed by atoms with Crippen molar-refractivity contribution in [3.05, 3.63) is 0 Å². The van der Waals surface area contributed by atoms with E-state index in [0.717, 1.165) is 24.9 Å². The Morgan fingerprint density at radius 1 is 0.773 bits per heavy atom. The first-order valence-electron chi connectivity index (χ1n) is 9.76. The van der Waals surface area contributed by atoms with Crippen LogP contribution < -0.4 is 0 Å². The van der Waals surface area contributed by atoms with E-state index in [1.54, 1.807) is 0 Å². The first-order valence-corrected chi connectivity index (χ1v) is 11.9. The maximum Gasteiger partial charge on any atom is 0.463 e. The zero-order valence-electron chi connectivity index (χ0n) is 16.2. The monoisotopic (exact) mass is 328 g/mol. The van der Waals surface area contributed by atoms with Gasteiger partial charge in [-0.2, -0.15) is 0 Å². The minimum absolute atomic E-state index is 0.0461. The van der Waals surface area contributed by atoms with Crippen LogP contribution in [0.3, 0.4) is 0 Å². The molecular formula is C19H41AlO2. The van der Waals surface area contributed by atoms with E-state index in [2.05, 4.69) is 41.5 Å². The first kappa shape index (κ1) is 22.5. The molecule has 0 saturated heterocycles. The van der Waals surface area contributed by atoms with Gasteiger partial charge in [-0.3, -0.25) is 0 Å². The molecule has 1 unspecified atom stereocenters. The third kappa shape index (κ3) is 14.1. The predicted molar refractivity (Wildman–Crippen MR) is 99.5 cm³/mol. The van der Waals surface area contributed by atoms with E-state index >= 15 is 0 Å². The molecule has 0 spiro atoms. The normalized spacial score (nSPS) is 13.1. The van der Waals surface area contributed by atoms with Crippen LogP contribution in [-0.2, 0) is 8.53 Å². The summed E-state index contributed by atoms with van der Waals surface area (Å²) in [4.78, 5) is 0. The maximum absolute atomic E-state index is 6.38. The average molecular weight is 329 g/mol. The van der Waals surface area contributed by atoms with Gasteiger partial charge in [0.1, 0.15) is 6.29 Å². The molecule has 2 nitrogen and oxygen atoms in total. The lowest BCUT2D eigenvalue weighted by Crippen LogP contribution is -2.30. The second-order valence-corrected chi connectivity index (χ2v) is 9.95. The fraction of sp³-hybridized carbons (Fsp3) is 1.00. The summed E-state index contributed by atoms with van der Waals surface area (Å²) in [6.07, 6.45) is 8.94. The van der Waals surface area contributed by atoms with Crippen molar-refractivity contribution < 1.29 is 8.53 Å². The molecule has 0 fully saturated rings. The van der Waals surface area contributed by atoms with Crippen LogP contribution in [0.5, 0.6) is 0 Å². The molecule has 0 aliphatic rings. The Kier molecular flexibility index (Phi) is 15.3. The topological polar surface area (TPSA) is 18.5 Å². The Hall–Kier alpha value is 0.452. The molecule has 22 heavy (non-hydrogen) atoms. The Balaban J connectivity index is 3.94. The van der Waals surface area contributed by atoms with Gasteiger partial charge in [-0.25, -0.2) is 0 Å². The van der Waals surface area contributed by atoms with E-state index in [4.69, 9.17) is 8.53 Å². The molecule has 0 saturated carbocycles. The molecule has 0 aromatic rings. The largest absolute Gasteiger partial charge is 0.478 e. The van der Waals surface area contributed by atoms with Gasteiger partial charge >= 0.3 is 14.5 Å². The number of rotatable bonds is 15. The molecule has 0 aromatic carbocycles. The van der Waals surface area contributed by atoms with Crippen molar-refractivity contribution in [1.82, 2.24) is 0 Å². The highest BCUT2D eigenvalue weighted by molar-refractivity contribution is 6.52. The van der Waals surface area contributed by atoms with Crippen LogP contribution in [0, 0.1) is 11.8 Å². The fourth-order valence-corrected chi connectivity index (χ4v) is 6.04. The second-order valence-electron chi connectivity index (χ2n) is 7.49. The molecule has 0 bridgehead atoms. The van der Waals surface area contributed by atoms with Crippen LogP contribution in [0.2, 0.25) is 10.6 Å². The standard InChI is InChI=1S/C11H23O2.2C4H9.Al/c1-3-5-6-7-8-9-10-13-11(12)4-2;2*1-4(2)3;/h11H,3-10H2,1-2H3;2*4H,1H2,2-3H3;/q-1;;;+1. The maximum atomic E-state index is 6.38. The number of ether oxygens (including phenoxy) is 1. The van der Waals surface area contributed by atoms with Crippen molar-refractivity contribution in [1.29, 1.82) is 0 Å². The lowest BCUT2D eigenvalue weighted by molar-refractivity contribution is -0.0861. The van der Waals surface area contributed by atoms with Crippen LogP contribution in [0.4, 0.5) is 0 Å². The molecule has 0 aliphatic carbocycles. The third-order valence-corrected chi connectivity index (χ3v) is 7.57. The Morgan fingerprint density at radius 2 is 1.32 bits per heavy atom. The number of hydrogen-bond donors (Lipinski definition) is 0. The van der Waals surface area contributed by atoms with Crippen molar-refractivity contribution in [3.63, 3.8) is 0 Å². The summed E-state index contributed by atoms with van der Waals surface area (Å²) >= 11 is -1.12. The Bertz CT molecular complexity index is 221. The van der Waals surface area contributed by atoms with Crippen molar-refractivity contribution >= 4 is 14.5 Å². The highest BCUT2D eigenvalue weighted by Gasteiger charge is 2.26. The van der Waals surface area contributed by atoms with Gasteiger partial charge in [0.2, 0.25) is 0 Å². The molecule has 132 valence electrons. The third-order valence-electron chi connectivity index (χ3n) is 3.95. The lowest BCUT2D eigenvalue weighted by atomic mass is 10.1. The summed E-state index contributed by atoms with van der Waals surface area (Å²) < 4.78 is 12.4. The highest BCUT2D eigenvalue weighted by atomic mass is 27.2. The zero-order chi connectivity index (χ0) is 16.8. The van der Waals surface area contributed by atoms with Crippen molar-refractivity contribution in [2.75, 3.05) is 6.61 Å². The summed E-state index contributed by atoms with van der Waals surface area (Å²) in [5.41, 5.74) is 0. The van der Waals surface area contributed by atoms with Crippen molar-refractivity contribution in [3.8, 4) is 0 Å². The predicted octanol–water partition coefficient (Wildman–Crippen LogP) is 6.42. The van der Waals surface area contributed by atoms with Gasteiger partial charge in [0.25, 0.3) is 0 Å². The van der Waals surface area contributed by atoms with Crippen LogP contribution in [0.25, 0.3) is 0 Å². The van der Waals surface area contributed by atoms with E-state index in [-0.39, 0.29) is 6.29 Å². The number of unbranched alkanes of at least 4 members (excludes halogenated alkanes) is 5. The molecule has 0 rings (SSSR count). The smallest absolute Gasteiger partial charge is 0.463 e. The van der Waals surface area contributed by atoms with Crippen molar-refractivity contribution in [2.24, 2.45) is 11.8 Å². The Labute approximate surface area is 145 Å². The second kappa shape index (κ2) is 15.0. The SMILES string of the molecule is CCCCCCCCOC(CC)[O][Al]([CH2]C(C)C)[CH2]C(C)C. The Morgan fingerprint density at radius 3 is 1.82 bits per heavy atom. The summed E-state index contributed by atoms with van der Waals surface area (Å²) in [6, 6.07) is 0. The van der Waals surface area contributed by atoms with Crippen LogP contribution in [0.1, 0.15) is 86.5 Å². The summed E-state index contributed by atoms with van der Waals surface area (Å²) in [5.74, 6) is 1.48. The average Bonchev–Trinajstić information content (AvgIpc) is 2.43. The highest BCUT2D eigenvalue weighted by Crippen LogP contribution is 2.18. The molecule has 0 amide bonds. The minimum atomic E-state index is -1.12. The van der Waals surface area contributed by atoms with Crippen LogP contribution in [-0.4, -0.2) is 27.4 Å². The molecule has 0 aromatic heterocycles. The minimum Gasteiger partial charge on any atom is -0.478 e. The van der Waals surface area contributed by atoms with Crippen molar-refractivity contribution in [2.45, 2.75) is 103 Å². The molecule has 0 radical (unpaired) electrons. The van der Waals surface area contributed by atoms with Gasteiger partial charge in [0.05, 0.1) is 0 Å². The van der Waals surface area contributed by atoms with E-state index in [1.165, 1.54) is 49.1 Å². The lowest BCUT2D eigenvalue weighted by Gasteiger charge is -2.24. The van der Waals surface area contributed by atoms with Crippen LogP contribution >= 0.6 is 0 Å². The summed E-state index contributed by atoms with van der Waals surface area (Å²) in [7, 11) is 0. The molecule has 0 N–H and O–H groups in total. The van der Waals surface area contributed by atoms with Gasteiger partial charge in [0.15, 0.2) is 0 Å². The van der Waals surface area contributed by atoms with Gasteiger partial charge in [-0.1, -0.05) is 96.0 Å². The zero-order valence-corrected chi connectivity index (χ0v) is 17.4. The van der Waals surface area contributed by atoms with E-state index < -0.39 is 14.5 Å². The summed E-state index contributed by atoms with van der Waals surface area (Å²) in [5, 5.41) is 2.55. The molecule has 0 aliphatic heterocycles.